The van der Waals surface area contributed by atoms with E-state index in [0.717, 1.165) is 22.1 Å². The molecule has 114 valence electrons. The Morgan fingerprint density at radius 3 is 2.90 bits per heavy atom. The number of rotatable bonds is 7. The number of ether oxygens (including phenoxy) is 1. The van der Waals surface area contributed by atoms with Gasteiger partial charge in [-0.25, -0.2) is 0 Å². The van der Waals surface area contributed by atoms with Crippen LogP contribution in [0.2, 0.25) is 0 Å². The minimum atomic E-state index is -0.0548. The number of methoxy groups -OCH3 is 1. The van der Waals surface area contributed by atoms with Gasteiger partial charge in [0, 0.05) is 31.1 Å². The van der Waals surface area contributed by atoms with E-state index in [9.17, 15) is 4.79 Å². The van der Waals surface area contributed by atoms with Crippen molar-refractivity contribution in [2.75, 3.05) is 33.4 Å². The summed E-state index contributed by atoms with van der Waals surface area (Å²) in [7, 11) is 1.59. The van der Waals surface area contributed by atoms with Gasteiger partial charge in [0.2, 0.25) is 5.91 Å². The molecule has 2 aromatic rings. The topological polar surface area (TPSA) is 62.9 Å². The van der Waals surface area contributed by atoms with E-state index in [1.807, 2.05) is 25.1 Å². The molecule has 5 heteroatoms. The van der Waals surface area contributed by atoms with Crippen molar-refractivity contribution in [2.45, 2.75) is 13.3 Å². The molecule has 1 aromatic heterocycles. The van der Waals surface area contributed by atoms with Crippen molar-refractivity contribution >= 4 is 16.9 Å². The average Bonchev–Trinajstić information content (AvgIpc) is 2.85. The molecule has 1 amide bonds. The van der Waals surface area contributed by atoms with Gasteiger partial charge in [-0.15, -0.1) is 0 Å². The molecule has 0 bridgehead atoms. The van der Waals surface area contributed by atoms with E-state index in [0.29, 0.717) is 19.7 Å². The van der Waals surface area contributed by atoms with Gasteiger partial charge >= 0.3 is 0 Å². The van der Waals surface area contributed by atoms with Crippen molar-refractivity contribution in [2.24, 2.45) is 0 Å². The fraction of sp³-hybridized carbons (Fsp3) is 0.438. The number of carbonyl (C=O) groups excluding carboxylic acids is 1. The molecule has 0 radical (unpaired) electrons. The minimum absolute atomic E-state index is 0.0376. The van der Waals surface area contributed by atoms with Crippen molar-refractivity contribution in [3.05, 3.63) is 35.6 Å². The summed E-state index contributed by atoms with van der Waals surface area (Å²) in [6.45, 7) is 3.19. The van der Waals surface area contributed by atoms with E-state index in [2.05, 4.69) is 0 Å². The number of hydrogen-bond donors (Lipinski definition) is 1. The molecule has 0 unspecified atom stereocenters. The summed E-state index contributed by atoms with van der Waals surface area (Å²) >= 11 is 0. The number of aliphatic hydroxyl groups is 1. The molecule has 21 heavy (non-hydrogen) atoms. The lowest BCUT2D eigenvalue weighted by molar-refractivity contribution is -0.131. The van der Waals surface area contributed by atoms with Crippen LogP contribution in [0.5, 0.6) is 0 Å². The third-order valence-electron chi connectivity index (χ3n) is 3.44. The van der Waals surface area contributed by atoms with Gasteiger partial charge in [0.05, 0.1) is 25.9 Å². The lowest BCUT2D eigenvalue weighted by Crippen LogP contribution is -2.37. The standard InChI is InChI=1S/C16H21NO4/c1-12-3-4-14-13(11-21-15(14)9-12)10-16(19)17(5-7-18)6-8-20-2/h3-4,9,11,18H,5-8,10H2,1-2H3. The van der Waals surface area contributed by atoms with Crippen LogP contribution in [0.4, 0.5) is 0 Å². The number of nitrogens with zero attached hydrogens (tertiary/aromatic N) is 1. The van der Waals surface area contributed by atoms with Crippen molar-refractivity contribution in [3.8, 4) is 0 Å². The first-order chi connectivity index (χ1) is 10.2. The van der Waals surface area contributed by atoms with E-state index >= 15 is 0 Å². The third kappa shape index (κ3) is 3.83. The smallest absolute Gasteiger partial charge is 0.227 e. The van der Waals surface area contributed by atoms with Gasteiger partial charge in [-0.3, -0.25) is 4.79 Å². The molecule has 1 N–H and O–H groups in total. The second-order valence-corrected chi connectivity index (χ2v) is 5.03. The van der Waals surface area contributed by atoms with Crippen molar-refractivity contribution < 1.29 is 19.1 Å². The molecular weight excluding hydrogens is 270 g/mol. The maximum Gasteiger partial charge on any atom is 0.227 e. The number of aryl methyl sites for hydroxylation is 1. The predicted molar refractivity (Wildman–Crippen MR) is 80.2 cm³/mol. The zero-order chi connectivity index (χ0) is 15.2. The number of fused-ring (bicyclic) bond motifs is 1. The Kier molecular flexibility index (Phi) is 5.36. The third-order valence-corrected chi connectivity index (χ3v) is 3.44. The van der Waals surface area contributed by atoms with Crippen LogP contribution in [0.1, 0.15) is 11.1 Å². The number of aliphatic hydroxyl groups excluding tert-OH is 1. The summed E-state index contributed by atoms with van der Waals surface area (Å²) in [5, 5.41) is 10.0. The molecule has 0 aliphatic heterocycles. The molecule has 1 heterocycles. The molecule has 0 aliphatic rings. The van der Waals surface area contributed by atoms with Crippen LogP contribution in [-0.4, -0.2) is 49.3 Å². The van der Waals surface area contributed by atoms with Crippen molar-refractivity contribution in [3.63, 3.8) is 0 Å². The second kappa shape index (κ2) is 7.24. The monoisotopic (exact) mass is 291 g/mol. The Hall–Kier alpha value is -1.85. The first kappa shape index (κ1) is 15.5. The van der Waals surface area contributed by atoms with Gasteiger partial charge < -0.3 is 19.2 Å². The number of furan rings is 1. The fourth-order valence-corrected chi connectivity index (χ4v) is 2.29. The second-order valence-electron chi connectivity index (χ2n) is 5.03. The number of hydrogen-bond acceptors (Lipinski definition) is 4. The highest BCUT2D eigenvalue weighted by atomic mass is 16.5. The molecule has 0 fully saturated rings. The summed E-state index contributed by atoms with van der Waals surface area (Å²) < 4.78 is 10.5. The van der Waals surface area contributed by atoms with E-state index in [4.69, 9.17) is 14.3 Å². The molecule has 5 nitrogen and oxygen atoms in total. The summed E-state index contributed by atoms with van der Waals surface area (Å²) in [5.41, 5.74) is 2.79. The maximum atomic E-state index is 12.3. The largest absolute Gasteiger partial charge is 0.464 e. The lowest BCUT2D eigenvalue weighted by Gasteiger charge is -2.21. The van der Waals surface area contributed by atoms with Crippen LogP contribution in [-0.2, 0) is 16.0 Å². The van der Waals surface area contributed by atoms with Gasteiger partial charge in [0.1, 0.15) is 5.58 Å². The SMILES string of the molecule is COCCN(CCO)C(=O)Cc1coc2cc(C)ccc12. The summed E-state index contributed by atoms with van der Waals surface area (Å²) in [6, 6.07) is 5.93. The summed E-state index contributed by atoms with van der Waals surface area (Å²) in [5.74, 6) is -0.0376. The highest BCUT2D eigenvalue weighted by Gasteiger charge is 2.16. The minimum Gasteiger partial charge on any atom is -0.464 e. The Labute approximate surface area is 124 Å². The Morgan fingerprint density at radius 2 is 2.19 bits per heavy atom. The van der Waals surface area contributed by atoms with Crippen LogP contribution in [0.15, 0.2) is 28.9 Å². The highest BCUT2D eigenvalue weighted by molar-refractivity contribution is 5.88. The Bertz CT molecular complexity index is 605. The van der Waals surface area contributed by atoms with Crippen LogP contribution < -0.4 is 0 Å². The molecule has 2 rings (SSSR count). The van der Waals surface area contributed by atoms with Crippen LogP contribution in [0.25, 0.3) is 11.0 Å². The normalized spacial score (nSPS) is 11.0. The number of carbonyl (C=O) groups is 1. The highest BCUT2D eigenvalue weighted by Crippen LogP contribution is 2.23. The maximum absolute atomic E-state index is 12.3. The zero-order valence-electron chi connectivity index (χ0n) is 12.5. The average molecular weight is 291 g/mol. The van der Waals surface area contributed by atoms with Gasteiger partial charge in [0.15, 0.2) is 0 Å². The molecule has 0 aliphatic carbocycles. The number of benzene rings is 1. The van der Waals surface area contributed by atoms with Crippen LogP contribution in [0, 0.1) is 6.92 Å². The van der Waals surface area contributed by atoms with E-state index in [-0.39, 0.29) is 18.9 Å². The summed E-state index contributed by atoms with van der Waals surface area (Å²) in [6.07, 6.45) is 1.90. The fourth-order valence-electron chi connectivity index (χ4n) is 2.29. The van der Waals surface area contributed by atoms with E-state index in [1.165, 1.54) is 0 Å². The molecule has 0 atom stereocenters. The van der Waals surface area contributed by atoms with E-state index < -0.39 is 0 Å². The Morgan fingerprint density at radius 1 is 1.38 bits per heavy atom. The molecule has 0 saturated heterocycles. The van der Waals surface area contributed by atoms with Gasteiger partial charge in [-0.05, 0) is 18.6 Å². The van der Waals surface area contributed by atoms with Gasteiger partial charge in [-0.1, -0.05) is 12.1 Å². The first-order valence-corrected chi connectivity index (χ1v) is 7.00. The first-order valence-electron chi connectivity index (χ1n) is 7.00. The number of amides is 1. The molecular formula is C16H21NO4. The van der Waals surface area contributed by atoms with Crippen LogP contribution >= 0.6 is 0 Å². The quantitative estimate of drug-likeness (QED) is 0.844. The summed E-state index contributed by atoms with van der Waals surface area (Å²) in [4.78, 5) is 13.9. The van der Waals surface area contributed by atoms with Crippen LogP contribution in [0.3, 0.4) is 0 Å². The zero-order valence-corrected chi connectivity index (χ0v) is 12.5. The Balaban J connectivity index is 2.12. The molecule has 1 aromatic carbocycles. The van der Waals surface area contributed by atoms with Crippen molar-refractivity contribution in [1.29, 1.82) is 0 Å². The van der Waals surface area contributed by atoms with Gasteiger partial charge in [0.25, 0.3) is 0 Å². The van der Waals surface area contributed by atoms with Gasteiger partial charge in [-0.2, -0.15) is 0 Å². The molecule has 0 saturated carbocycles. The lowest BCUT2D eigenvalue weighted by atomic mass is 10.1. The molecule has 0 spiro atoms. The van der Waals surface area contributed by atoms with Crippen molar-refractivity contribution in [1.82, 2.24) is 4.90 Å². The predicted octanol–water partition coefficient (Wildman–Crippen LogP) is 1.75. The van der Waals surface area contributed by atoms with E-state index in [1.54, 1.807) is 18.3 Å².